The number of amides is 1. The molecule has 7 heteroatoms. The molecule has 2 aromatic heterocycles. The summed E-state index contributed by atoms with van der Waals surface area (Å²) >= 11 is 0. The zero-order valence-corrected chi connectivity index (χ0v) is 15.3. The third-order valence-corrected chi connectivity index (χ3v) is 3.88. The molecule has 0 aliphatic heterocycles. The van der Waals surface area contributed by atoms with Gasteiger partial charge in [0.1, 0.15) is 23.1 Å². The molecule has 27 heavy (non-hydrogen) atoms. The van der Waals surface area contributed by atoms with Crippen molar-refractivity contribution in [1.29, 1.82) is 0 Å². The van der Waals surface area contributed by atoms with Gasteiger partial charge in [-0.2, -0.15) is 0 Å². The van der Waals surface area contributed by atoms with Crippen molar-refractivity contribution >= 4 is 11.7 Å². The van der Waals surface area contributed by atoms with Gasteiger partial charge in [-0.15, -0.1) is 0 Å². The number of carbonyl (C=O) groups is 1. The summed E-state index contributed by atoms with van der Waals surface area (Å²) in [5.74, 6) is 1.66. The third-order valence-electron chi connectivity index (χ3n) is 3.88. The molecule has 0 radical (unpaired) electrons. The van der Waals surface area contributed by atoms with Crippen LogP contribution in [0.1, 0.15) is 27.4 Å². The van der Waals surface area contributed by atoms with Gasteiger partial charge in [0, 0.05) is 31.5 Å². The van der Waals surface area contributed by atoms with Gasteiger partial charge < -0.3 is 15.4 Å². The van der Waals surface area contributed by atoms with Crippen LogP contribution in [0.4, 0.5) is 5.82 Å². The number of nitrogens with one attached hydrogen (secondary N) is 2. The fraction of sp³-hybridized carbons (Fsp3) is 0.200. The number of methoxy groups -OCH3 is 1. The van der Waals surface area contributed by atoms with E-state index in [1.54, 1.807) is 32.5 Å². The first-order chi connectivity index (χ1) is 13.1. The monoisotopic (exact) mass is 363 g/mol. The zero-order valence-electron chi connectivity index (χ0n) is 15.3. The molecule has 0 unspecified atom stereocenters. The van der Waals surface area contributed by atoms with Crippen molar-refractivity contribution in [3.63, 3.8) is 0 Å². The second-order valence-corrected chi connectivity index (χ2v) is 5.93. The molecular weight excluding hydrogens is 342 g/mol. The summed E-state index contributed by atoms with van der Waals surface area (Å²) in [4.78, 5) is 25.1. The molecule has 0 spiro atoms. The maximum atomic E-state index is 12.5. The standard InChI is InChI=1S/C20H21N5O2/c1-14-24-18(10-19(25-14)22-13-16-4-3-9-21-11-16)20(26)23-12-15-5-7-17(27-2)8-6-15/h3-11H,12-13H2,1-2H3,(H,23,26)(H,22,24,25). The molecule has 3 rings (SSSR count). The maximum Gasteiger partial charge on any atom is 0.270 e. The number of hydrogen-bond donors (Lipinski definition) is 2. The Kier molecular flexibility index (Phi) is 5.94. The number of aryl methyl sites for hydroxylation is 1. The Balaban J connectivity index is 1.62. The van der Waals surface area contributed by atoms with Crippen LogP contribution in [0.15, 0.2) is 54.9 Å². The van der Waals surface area contributed by atoms with Crippen molar-refractivity contribution in [1.82, 2.24) is 20.3 Å². The molecule has 2 heterocycles. The van der Waals surface area contributed by atoms with Crippen molar-refractivity contribution in [2.75, 3.05) is 12.4 Å². The minimum absolute atomic E-state index is 0.249. The predicted molar refractivity (Wildman–Crippen MR) is 102 cm³/mol. The van der Waals surface area contributed by atoms with Gasteiger partial charge in [-0.05, 0) is 36.2 Å². The minimum Gasteiger partial charge on any atom is -0.497 e. The summed E-state index contributed by atoms with van der Waals surface area (Å²) in [7, 11) is 1.62. The van der Waals surface area contributed by atoms with Gasteiger partial charge in [-0.3, -0.25) is 9.78 Å². The average molecular weight is 363 g/mol. The molecule has 7 nitrogen and oxygen atoms in total. The second kappa shape index (κ2) is 8.75. The topological polar surface area (TPSA) is 89.0 Å². The van der Waals surface area contributed by atoms with Crippen molar-refractivity contribution in [2.45, 2.75) is 20.0 Å². The van der Waals surface area contributed by atoms with Gasteiger partial charge in [-0.1, -0.05) is 18.2 Å². The van der Waals surface area contributed by atoms with Crippen LogP contribution >= 0.6 is 0 Å². The molecule has 2 N–H and O–H groups in total. The fourth-order valence-corrected chi connectivity index (χ4v) is 2.49. The summed E-state index contributed by atoms with van der Waals surface area (Å²) in [5, 5.41) is 6.07. The number of ether oxygens (including phenoxy) is 1. The Morgan fingerprint density at radius 3 is 2.59 bits per heavy atom. The van der Waals surface area contributed by atoms with Gasteiger partial charge in [0.2, 0.25) is 0 Å². The van der Waals surface area contributed by atoms with Crippen molar-refractivity contribution in [3.05, 3.63) is 77.5 Å². The summed E-state index contributed by atoms with van der Waals surface area (Å²) in [6, 6.07) is 13.0. The summed E-state index contributed by atoms with van der Waals surface area (Å²) < 4.78 is 5.13. The van der Waals surface area contributed by atoms with Crippen LogP contribution in [-0.4, -0.2) is 28.0 Å². The fourth-order valence-electron chi connectivity index (χ4n) is 2.49. The summed E-state index contributed by atoms with van der Waals surface area (Å²) in [5.41, 5.74) is 2.33. The van der Waals surface area contributed by atoms with Crippen LogP contribution in [0.25, 0.3) is 0 Å². The smallest absolute Gasteiger partial charge is 0.270 e. The maximum absolute atomic E-state index is 12.5. The molecule has 0 aliphatic carbocycles. The Morgan fingerprint density at radius 2 is 1.89 bits per heavy atom. The van der Waals surface area contributed by atoms with Gasteiger partial charge in [0.05, 0.1) is 7.11 Å². The number of hydrogen-bond acceptors (Lipinski definition) is 6. The van der Waals surface area contributed by atoms with Crippen LogP contribution in [-0.2, 0) is 13.1 Å². The van der Waals surface area contributed by atoms with Crippen LogP contribution in [0, 0.1) is 6.92 Å². The van der Waals surface area contributed by atoms with E-state index in [4.69, 9.17) is 4.74 Å². The lowest BCUT2D eigenvalue weighted by atomic mass is 10.2. The quantitative estimate of drug-likeness (QED) is 0.671. The van der Waals surface area contributed by atoms with E-state index in [1.165, 1.54) is 0 Å². The van der Waals surface area contributed by atoms with Crippen molar-refractivity contribution in [3.8, 4) is 5.75 Å². The van der Waals surface area contributed by atoms with E-state index in [9.17, 15) is 4.79 Å². The Bertz CT molecular complexity index is 898. The van der Waals surface area contributed by atoms with Crippen molar-refractivity contribution < 1.29 is 9.53 Å². The lowest BCUT2D eigenvalue weighted by molar-refractivity contribution is 0.0945. The minimum atomic E-state index is -0.249. The van der Waals surface area contributed by atoms with Crippen molar-refractivity contribution in [2.24, 2.45) is 0 Å². The average Bonchev–Trinajstić information content (AvgIpc) is 2.71. The zero-order chi connectivity index (χ0) is 19.1. The summed E-state index contributed by atoms with van der Waals surface area (Å²) in [6.07, 6.45) is 3.51. The van der Waals surface area contributed by atoms with E-state index in [2.05, 4.69) is 25.6 Å². The Labute approximate surface area is 157 Å². The van der Waals surface area contributed by atoms with Crippen LogP contribution in [0.5, 0.6) is 5.75 Å². The Morgan fingerprint density at radius 1 is 1.07 bits per heavy atom. The largest absolute Gasteiger partial charge is 0.497 e. The lowest BCUT2D eigenvalue weighted by Crippen LogP contribution is -2.24. The van der Waals surface area contributed by atoms with Gasteiger partial charge in [0.25, 0.3) is 5.91 Å². The molecule has 1 aromatic carbocycles. The number of carbonyl (C=O) groups excluding carboxylic acids is 1. The van der Waals surface area contributed by atoms with E-state index in [0.29, 0.717) is 30.4 Å². The number of anilines is 1. The van der Waals surface area contributed by atoms with E-state index < -0.39 is 0 Å². The number of rotatable bonds is 7. The molecule has 0 saturated carbocycles. The number of nitrogens with zero attached hydrogens (tertiary/aromatic N) is 3. The van der Waals surface area contributed by atoms with Crippen LogP contribution < -0.4 is 15.4 Å². The molecule has 0 fully saturated rings. The molecule has 0 bridgehead atoms. The van der Waals surface area contributed by atoms with Crippen LogP contribution in [0.2, 0.25) is 0 Å². The molecule has 0 aliphatic rings. The molecule has 138 valence electrons. The van der Waals surface area contributed by atoms with Gasteiger partial charge in [-0.25, -0.2) is 9.97 Å². The highest BCUT2D eigenvalue weighted by atomic mass is 16.5. The number of benzene rings is 1. The number of aromatic nitrogens is 3. The highest BCUT2D eigenvalue weighted by Gasteiger charge is 2.10. The molecule has 0 atom stereocenters. The molecular formula is C20H21N5O2. The molecule has 1 amide bonds. The molecule has 3 aromatic rings. The molecule has 0 saturated heterocycles. The van der Waals surface area contributed by atoms with Gasteiger partial charge >= 0.3 is 0 Å². The number of pyridine rings is 1. The predicted octanol–water partition coefficient (Wildman–Crippen LogP) is 2.73. The van der Waals surface area contributed by atoms with E-state index in [0.717, 1.165) is 16.9 Å². The SMILES string of the molecule is COc1ccc(CNC(=O)c2cc(NCc3cccnc3)nc(C)n2)cc1. The van der Waals surface area contributed by atoms with E-state index in [-0.39, 0.29) is 5.91 Å². The van der Waals surface area contributed by atoms with Gasteiger partial charge in [0.15, 0.2) is 0 Å². The second-order valence-electron chi connectivity index (χ2n) is 5.93. The van der Waals surface area contributed by atoms with Crippen LogP contribution in [0.3, 0.4) is 0 Å². The Hall–Kier alpha value is -3.48. The first-order valence-electron chi connectivity index (χ1n) is 8.53. The first-order valence-corrected chi connectivity index (χ1v) is 8.53. The highest BCUT2D eigenvalue weighted by Crippen LogP contribution is 2.12. The van der Waals surface area contributed by atoms with E-state index >= 15 is 0 Å². The highest BCUT2D eigenvalue weighted by molar-refractivity contribution is 5.92. The lowest BCUT2D eigenvalue weighted by Gasteiger charge is -2.09. The normalized spacial score (nSPS) is 10.3. The third kappa shape index (κ3) is 5.24. The van der Waals surface area contributed by atoms with E-state index in [1.807, 2.05) is 36.4 Å². The summed E-state index contributed by atoms with van der Waals surface area (Å²) in [6.45, 7) is 2.73. The first kappa shape index (κ1) is 18.3.